The molecule has 258 valence electrons. The van der Waals surface area contributed by atoms with Crippen LogP contribution in [0.4, 0.5) is 5.95 Å². The molecule has 0 bridgehead atoms. The Morgan fingerprint density at radius 2 is 1.96 bits per heavy atom. The third kappa shape index (κ3) is 7.58. The summed E-state index contributed by atoms with van der Waals surface area (Å²) in [7, 11) is -2.73. The van der Waals surface area contributed by atoms with Crippen LogP contribution in [0.2, 0.25) is 0 Å². The minimum atomic E-state index is -2.73. The third-order valence-corrected chi connectivity index (χ3v) is 9.06. The number of nitrogens with zero attached hydrogens (tertiary/aromatic N) is 5. The quantitative estimate of drug-likeness (QED) is 0.0854. The number of ether oxygens (including phenoxy) is 4. The van der Waals surface area contributed by atoms with E-state index in [-0.39, 0.29) is 47.6 Å². The summed E-state index contributed by atoms with van der Waals surface area (Å²) in [5.41, 5.74) is 4.45. The molecule has 1 fully saturated rings. The fourth-order valence-corrected chi connectivity index (χ4v) is 6.53. The Hall–Kier alpha value is -3.41. The van der Waals surface area contributed by atoms with Gasteiger partial charge in [-0.3, -0.25) is 9.09 Å². The fraction of sp³-hybridized carbons (Fsp3) is 0.484. The van der Waals surface area contributed by atoms with Gasteiger partial charge in [-0.25, -0.2) is 9.78 Å². The lowest BCUT2D eigenvalue weighted by molar-refractivity contribution is -0.169. The zero-order valence-electron chi connectivity index (χ0n) is 27.3. The van der Waals surface area contributed by atoms with Crippen LogP contribution >= 0.6 is 30.8 Å². The number of carbonyl (C=O) groups is 1. The van der Waals surface area contributed by atoms with Gasteiger partial charge in [0.1, 0.15) is 24.4 Å². The van der Waals surface area contributed by atoms with Gasteiger partial charge >= 0.3 is 14.1 Å². The van der Waals surface area contributed by atoms with E-state index >= 15 is 0 Å². The van der Waals surface area contributed by atoms with Gasteiger partial charge in [0.25, 0.3) is 0 Å². The number of carbonyl (C=O) groups excluding carboxylic acids is 1. The number of hydrogen-bond donors (Lipinski definition) is 3. The van der Waals surface area contributed by atoms with Crippen LogP contribution in [0.1, 0.15) is 47.8 Å². The summed E-state index contributed by atoms with van der Waals surface area (Å²) in [4.78, 5) is 38.5. The second-order valence-electron chi connectivity index (χ2n) is 12.7. The van der Waals surface area contributed by atoms with Gasteiger partial charge in [0.15, 0.2) is 33.0 Å². The monoisotopic (exact) mass is 796 g/mol. The first kappa shape index (κ1) is 35.9. The highest BCUT2D eigenvalue weighted by atomic mass is 127. The molecule has 2 aromatic heterocycles. The van der Waals surface area contributed by atoms with Crippen LogP contribution in [0.15, 0.2) is 41.1 Å². The fourth-order valence-electron chi connectivity index (χ4n) is 5.04. The Labute approximate surface area is 291 Å². The smallest absolute Gasteiger partial charge is 0.395 e. The lowest BCUT2D eigenvalue weighted by atomic mass is 9.96. The van der Waals surface area contributed by atoms with Gasteiger partial charge in [-0.2, -0.15) is 9.97 Å². The Kier molecular flexibility index (Phi) is 10.6. The molecule has 0 spiro atoms. The third-order valence-electron chi connectivity index (χ3n) is 7.42. The van der Waals surface area contributed by atoms with E-state index in [9.17, 15) is 19.9 Å². The van der Waals surface area contributed by atoms with Crippen molar-refractivity contribution >= 4 is 64.6 Å². The summed E-state index contributed by atoms with van der Waals surface area (Å²) in [5, 5.41) is 24.1. The number of esters is 1. The molecule has 1 aliphatic rings. The molecule has 4 N–H and O–H groups in total. The largest absolute Gasteiger partial charge is 0.575 e. The standard InChI is InChI=1S/C31H38IN6O9P/c1-7-43-25-21-24(35-29(33)36-25)38(28(32)34-21)27-31(6,41)23(39)20(46-27)14-44-19-13-12-17-10-8-9-11-18(17)22(19)47-48(42)37-16(2)26(40)45-15-30(3,4)5/h8-13,16,20,23,27,39,41H,7,14-15H2,1-6H3,(H2,33,35,36)/t16-,20+,23+,27?,31+/m0/s1. The Balaban J connectivity index is 1.39. The maximum atomic E-state index is 13.1. The lowest BCUT2D eigenvalue weighted by Gasteiger charge is -2.27. The van der Waals surface area contributed by atoms with Gasteiger partial charge in [-0.05, 0) is 37.6 Å². The number of hydrogen-bond acceptors (Lipinski definition) is 14. The molecule has 0 aliphatic carbocycles. The number of nitrogen functional groups attached to an aromatic ring is 1. The summed E-state index contributed by atoms with van der Waals surface area (Å²) in [6.07, 6.45) is -3.61. The lowest BCUT2D eigenvalue weighted by Crippen LogP contribution is -2.45. The molecular weight excluding hydrogens is 758 g/mol. The van der Waals surface area contributed by atoms with Crippen LogP contribution < -0.4 is 24.6 Å². The van der Waals surface area contributed by atoms with Crippen LogP contribution in [-0.2, 0) is 14.3 Å². The first-order valence-electron chi connectivity index (χ1n) is 15.2. The van der Waals surface area contributed by atoms with Crippen molar-refractivity contribution < 1.29 is 43.4 Å². The Morgan fingerprint density at radius 3 is 2.67 bits per heavy atom. The van der Waals surface area contributed by atoms with E-state index in [1.54, 1.807) is 31.2 Å². The Morgan fingerprint density at radius 1 is 1.23 bits per heavy atom. The number of aliphatic hydroxyl groups is 2. The highest BCUT2D eigenvalue weighted by Gasteiger charge is 2.54. The van der Waals surface area contributed by atoms with Crippen molar-refractivity contribution in [3.63, 3.8) is 0 Å². The first-order chi connectivity index (χ1) is 22.6. The van der Waals surface area contributed by atoms with E-state index in [2.05, 4.69) is 19.7 Å². The van der Waals surface area contributed by atoms with Crippen molar-refractivity contribution in [2.24, 2.45) is 10.2 Å². The molecule has 17 heteroatoms. The van der Waals surface area contributed by atoms with Gasteiger partial charge in [-0.15, -0.1) is 0 Å². The molecular formula is C31H38IN6O9P. The van der Waals surface area contributed by atoms with Crippen LogP contribution in [0, 0.1) is 9.25 Å². The molecule has 4 aromatic rings. The van der Waals surface area contributed by atoms with Crippen LogP contribution in [0.3, 0.4) is 0 Å². The van der Waals surface area contributed by atoms with Gasteiger partial charge in [0.2, 0.25) is 17.6 Å². The maximum absolute atomic E-state index is 13.1. The molecule has 2 unspecified atom stereocenters. The Bertz CT molecular complexity index is 1850. The van der Waals surface area contributed by atoms with E-state index < -0.39 is 44.2 Å². The summed E-state index contributed by atoms with van der Waals surface area (Å²) in [6, 6.07) is 9.61. The van der Waals surface area contributed by atoms with Crippen LogP contribution in [-0.4, -0.2) is 79.4 Å². The van der Waals surface area contributed by atoms with Crippen molar-refractivity contribution in [3.05, 3.63) is 40.2 Å². The van der Waals surface area contributed by atoms with Crippen molar-refractivity contribution in [1.82, 2.24) is 19.5 Å². The molecule has 0 radical (unpaired) electrons. The van der Waals surface area contributed by atoms with Gasteiger partial charge in [0, 0.05) is 28.0 Å². The molecule has 2 aromatic carbocycles. The molecule has 6 atom stereocenters. The van der Waals surface area contributed by atoms with Crippen LogP contribution in [0.25, 0.3) is 21.9 Å². The van der Waals surface area contributed by atoms with E-state index in [0.717, 1.165) is 5.39 Å². The highest BCUT2D eigenvalue weighted by Crippen LogP contribution is 2.44. The molecule has 15 nitrogen and oxygen atoms in total. The molecule has 0 amide bonds. The zero-order chi connectivity index (χ0) is 35.0. The van der Waals surface area contributed by atoms with E-state index in [0.29, 0.717) is 21.3 Å². The number of benzene rings is 2. The van der Waals surface area contributed by atoms with E-state index in [1.165, 1.54) is 18.4 Å². The minimum Gasteiger partial charge on any atom is -0.575 e. The molecule has 48 heavy (non-hydrogen) atoms. The number of imidazole rings is 1. The van der Waals surface area contributed by atoms with Crippen LogP contribution in [0.5, 0.6) is 17.4 Å². The normalized spacial score (nSPS) is 22.2. The SMILES string of the molecule is CCOc1nc(N)nc2c1nc(I)n2C1O[C@H](COc2ccc3ccccc3c2O[P+]([O-])=N[C@@H](C)C(=O)OCC(C)(C)C)[C@@H](O)[C@@]1(C)O. The molecule has 3 heterocycles. The number of nitrogens with two attached hydrogens (primary N) is 1. The number of aromatic nitrogens is 4. The number of aliphatic hydroxyl groups excluding tert-OH is 1. The maximum Gasteiger partial charge on any atom is 0.395 e. The molecule has 1 saturated heterocycles. The zero-order valence-corrected chi connectivity index (χ0v) is 30.3. The van der Waals surface area contributed by atoms with Crippen molar-refractivity contribution in [3.8, 4) is 17.4 Å². The minimum absolute atomic E-state index is 0.0633. The van der Waals surface area contributed by atoms with Gasteiger partial charge < -0.3 is 39.8 Å². The van der Waals surface area contributed by atoms with Gasteiger partial charge in [-0.1, -0.05) is 55.8 Å². The summed E-state index contributed by atoms with van der Waals surface area (Å²) in [6.45, 7) is 10.7. The molecule has 0 saturated carbocycles. The molecule has 1 aliphatic heterocycles. The van der Waals surface area contributed by atoms with Gasteiger partial charge in [0.05, 0.1) is 13.2 Å². The predicted octanol–water partition coefficient (Wildman–Crippen LogP) is 3.87. The number of halogens is 1. The number of fused-ring (bicyclic) bond motifs is 2. The van der Waals surface area contributed by atoms with E-state index in [1.807, 2.05) is 55.5 Å². The average molecular weight is 797 g/mol. The first-order valence-corrected chi connectivity index (χ1v) is 17.4. The summed E-state index contributed by atoms with van der Waals surface area (Å²) >= 11 is 1.97. The topological polar surface area (TPSA) is 209 Å². The average Bonchev–Trinajstić information content (AvgIpc) is 3.45. The summed E-state index contributed by atoms with van der Waals surface area (Å²) < 4.78 is 34.9. The molecule has 5 rings (SSSR count). The van der Waals surface area contributed by atoms with E-state index in [4.69, 9.17) is 29.2 Å². The second-order valence-corrected chi connectivity index (χ2v) is 14.5. The predicted molar refractivity (Wildman–Crippen MR) is 183 cm³/mol. The number of anilines is 1. The second kappa shape index (κ2) is 14.2. The van der Waals surface area contributed by atoms with Crippen molar-refractivity contribution in [1.29, 1.82) is 0 Å². The number of rotatable bonds is 11. The van der Waals surface area contributed by atoms with Crippen molar-refractivity contribution in [2.75, 3.05) is 25.6 Å². The highest BCUT2D eigenvalue weighted by molar-refractivity contribution is 14.1. The van der Waals surface area contributed by atoms with Crippen molar-refractivity contribution in [2.45, 2.75) is 71.6 Å². The summed E-state index contributed by atoms with van der Waals surface area (Å²) in [5.74, 6) is -0.205.